The van der Waals surface area contributed by atoms with Crippen molar-refractivity contribution in [2.75, 3.05) is 7.11 Å². The van der Waals surface area contributed by atoms with Crippen molar-refractivity contribution in [3.05, 3.63) is 29.5 Å². The van der Waals surface area contributed by atoms with Crippen LogP contribution in [0.15, 0.2) is 18.2 Å². The van der Waals surface area contributed by atoms with Crippen molar-refractivity contribution in [2.45, 2.75) is 19.3 Å². The second-order valence-electron chi connectivity index (χ2n) is 5.15. The molecule has 19 heavy (non-hydrogen) atoms. The first kappa shape index (κ1) is 12.1. The Hall–Kier alpha value is -1.97. The number of aryl methyl sites for hydroxylation is 1. The van der Waals surface area contributed by atoms with E-state index in [-0.39, 0.29) is 5.92 Å². The van der Waals surface area contributed by atoms with Crippen LogP contribution < -0.4 is 4.74 Å². The zero-order valence-electron chi connectivity index (χ0n) is 11.1. The number of rotatable bonds is 2. The SMILES string of the molecule is COc1ccc2c(c1)c1c(n2C)CCC(C(=O)O)C1. The van der Waals surface area contributed by atoms with Crippen LogP contribution >= 0.6 is 0 Å². The van der Waals surface area contributed by atoms with E-state index in [1.807, 2.05) is 18.2 Å². The third-order valence-electron chi connectivity index (χ3n) is 4.17. The molecule has 1 aliphatic carbocycles. The van der Waals surface area contributed by atoms with Gasteiger partial charge in [-0.25, -0.2) is 0 Å². The third-order valence-corrected chi connectivity index (χ3v) is 4.17. The summed E-state index contributed by atoms with van der Waals surface area (Å²) in [6.07, 6.45) is 2.18. The molecule has 1 heterocycles. The number of benzene rings is 1. The smallest absolute Gasteiger partial charge is 0.306 e. The van der Waals surface area contributed by atoms with Crippen molar-refractivity contribution in [3.63, 3.8) is 0 Å². The van der Waals surface area contributed by atoms with Gasteiger partial charge in [0.25, 0.3) is 0 Å². The molecule has 4 nitrogen and oxygen atoms in total. The molecule has 0 spiro atoms. The quantitative estimate of drug-likeness (QED) is 0.900. The Morgan fingerprint density at radius 1 is 1.47 bits per heavy atom. The number of carboxylic acids is 1. The van der Waals surface area contributed by atoms with Crippen molar-refractivity contribution in [1.82, 2.24) is 4.57 Å². The van der Waals surface area contributed by atoms with E-state index in [1.165, 1.54) is 11.3 Å². The molecule has 0 saturated carbocycles. The van der Waals surface area contributed by atoms with Crippen molar-refractivity contribution < 1.29 is 14.6 Å². The minimum Gasteiger partial charge on any atom is -0.497 e. The van der Waals surface area contributed by atoms with Gasteiger partial charge in [0.05, 0.1) is 13.0 Å². The van der Waals surface area contributed by atoms with Gasteiger partial charge < -0.3 is 14.4 Å². The topological polar surface area (TPSA) is 51.5 Å². The summed E-state index contributed by atoms with van der Waals surface area (Å²) < 4.78 is 7.45. The lowest BCUT2D eigenvalue weighted by atomic mass is 9.86. The molecule has 4 heteroatoms. The number of hydrogen-bond acceptors (Lipinski definition) is 2. The molecule has 1 unspecified atom stereocenters. The molecule has 100 valence electrons. The number of hydrogen-bond donors (Lipinski definition) is 1. The normalized spacial score (nSPS) is 18.3. The van der Waals surface area contributed by atoms with Gasteiger partial charge in [0.1, 0.15) is 5.75 Å². The number of nitrogens with zero attached hydrogens (tertiary/aromatic N) is 1. The minimum absolute atomic E-state index is 0.260. The second kappa shape index (κ2) is 4.30. The maximum Gasteiger partial charge on any atom is 0.306 e. The highest BCUT2D eigenvalue weighted by Crippen LogP contribution is 2.35. The Morgan fingerprint density at radius 3 is 2.95 bits per heavy atom. The summed E-state index contributed by atoms with van der Waals surface area (Å²) in [6.45, 7) is 0. The predicted molar refractivity (Wildman–Crippen MR) is 72.6 cm³/mol. The van der Waals surface area contributed by atoms with E-state index in [1.54, 1.807) is 7.11 Å². The highest BCUT2D eigenvalue weighted by Gasteiger charge is 2.28. The molecule has 1 N–H and O–H groups in total. The molecule has 1 aromatic heterocycles. The van der Waals surface area contributed by atoms with Crippen LogP contribution in [0.5, 0.6) is 5.75 Å². The van der Waals surface area contributed by atoms with Crippen molar-refractivity contribution in [2.24, 2.45) is 13.0 Å². The van der Waals surface area contributed by atoms with Gasteiger partial charge in [-0.15, -0.1) is 0 Å². The first-order chi connectivity index (χ1) is 9.11. The van der Waals surface area contributed by atoms with Crippen molar-refractivity contribution in [1.29, 1.82) is 0 Å². The van der Waals surface area contributed by atoms with Gasteiger partial charge >= 0.3 is 5.97 Å². The lowest BCUT2D eigenvalue weighted by Gasteiger charge is -2.19. The Labute approximate surface area is 111 Å². The third kappa shape index (κ3) is 1.79. The maximum atomic E-state index is 11.2. The van der Waals surface area contributed by atoms with Crippen LogP contribution in [-0.2, 0) is 24.7 Å². The van der Waals surface area contributed by atoms with E-state index in [0.717, 1.165) is 29.5 Å². The van der Waals surface area contributed by atoms with E-state index in [4.69, 9.17) is 4.74 Å². The summed E-state index contributed by atoms with van der Waals surface area (Å²) in [5.74, 6) is -0.131. The molecular formula is C15H17NO3. The second-order valence-corrected chi connectivity index (χ2v) is 5.15. The molecule has 1 aromatic carbocycles. The molecule has 0 radical (unpaired) electrons. The Bertz CT molecular complexity index is 657. The number of aliphatic carboxylic acids is 1. The van der Waals surface area contributed by atoms with Crippen LogP contribution in [0.4, 0.5) is 0 Å². The number of methoxy groups -OCH3 is 1. The first-order valence-electron chi connectivity index (χ1n) is 6.48. The molecule has 0 saturated heterocycles. The van der Waals surface area contributed by atoms with Gasteiger partial charge in [0.2, 0.25) is 0 Å². The summed E-state index contributed by atoms with van der Waals surface area (Å²) in [7, 11) is 3.70. The van der Waals surface area contributed by atoms with E-state index in [2.05, 4.69) is 11.6 Å². The molecule has 2 aromatic rings. The Balaban J connectivity index is 2.18. The summed E-state index contributed by atoms with van der Waals surface area (Å²) in [4.78, 5) is 11.2. The Kier molecular flexibility index (Phi) is 2.73. The molecular weight excluding hydrogens is 242 g/mol. The van der Waals surface area contributed by atoms with Crippen molar-refractivity contribution in [3.8, 4) is 5.75 Å². The number of carboxylic acid groups (broad SMARTS) is 1. The highest BCUT2D eigenvalue weighted by molar-refractivity contribution is 5.88. The number of fused-ring (bicyclic) bond motifs is 3. The van der Waals surface area contributed by atoms with Gasteiger partial charge in [0, 0.05) is 23.6 Å². The molecule has 1 aliphatic rings. The zero-order chi connectivity index (χ0) is 13.6. The summed E-state index contributed by atoms with van der Waals surface area (Å²) in [5, 5.41) is 10.3. The van der Waals surface area contributed by atoms with Gasteiger partial charge in [-0.3, -0.25) is 4.79 Å². The van der Waals surface area contributed by atoms with Crippen LogP contribution in [0.1, 0.15) is 17.7 Å². The number of ether oxygens (including phenoxy) is 1. The zero-order valence-corrected chi connectivity index (χ0v) is 11.1. The fraction of sp³-hybridized carbons (Fsp3) is 0.400. The molecule has 0 aliphatic heterocycles. The number of carbonyl (C=O) groups is 1. The molecule has 1 atom stereocenters. The van der Waals surface area contributed by atoms with Crippen LogP contribution in [-0.4, -0.2) is 22.8 Å². The van der Waals surface area contributed by atoms with Gasteiger partial charge in [0.15, 0.2) is 0 Å². The summed E-state index contributed by atoms with van der Waals surface area (Å²) in [5.41, 5.74) is 3.59. The number of aromatic nitrogens is 1. The van der Waals surface area contributed by atoms with E-state index < -0.39 is 5.97 Å². The van der Waals surface area contributed by atoms with Gasteiger partial charge in [-0.2, -0.15) is 0 Å². The van der Waals surface area contributed by atoms with E-state index in [9.17, 15) is 9.90 Å². The van der Waals surface area contributed by atoms with Crippen LogP contribution in [0.25, 0.3) is 10.9 Å². The lowest BCUT2D eigenvalue weighted by molar-refractivity contribution is -0.142. The van der Waals surface area contributed by atoms with Crippen molar-refractivity contribution >= 4 is 16.9 Å². The maximum absolute atomic E-state index is 11.2. The van der Waals surface area contributed by atoms with E-state index in [0.29, 0.717) is 6.42 Å². The minimum atomic E-state index is -0.689. The van der Waals surface area contributed by atoms with Gasteiger partial charge in [-0.1, -0.05) is 0 Å². The molecule has 0 amide bonds. The first-order valence-corrected chi connectivity index (χ1v) is 6.48. The average Bonchev–Trinajstić information content (AvgIpc) is 2.71. The molecule has 0 fully saturated rings. The largest absolute Gasteiger partial charge is 0.497 e. The van der Waals surface area contributed by atoms with Crippen LogP contribution in [0, 0.1) is 5.92 Å². The molecule has 0 bridgehead atoms. The monoisotopic (exact) mass is 259 g/mol. The van der Waals surface area contributed by atoms with E-state index >= 15 is 0 Å². The summed E-state index contributed by atoms with van der Waals surface area (Å²) in [6, 6.07) is 6.00. The Morgan fingerprint density at radius 2 is 2.26 bits per heavy atom. The standard InChI is InChI=1S/C15H17NO3/c1-16-13-5-3-9(15(17)18)7-11(13)12-8-10(19-2)4-6-14(12)16/h4,6,8-9H,3,5,7H2,1-2H3,(H,17,18). The van der Waals surface area contributed by atoms with Crippen LogP contribution in [0.3, 0.4) is 0 Å². The molecule has 3 rings (SSSR count). The van der Waals surface area contributed by atoms with Crippen LogP contribution in [0.2, 0.25) is 0 Å². The lowest BCUT2D eigenvalue weighted by Crippen LogP contribution is -2.22. The van der Waals surface area contributed by atoms with Gasteiger partial charge in [-0.05, 0) is 43.0 Å². The average molecular weight is 259 g/mol. The predicted octanol–water partition coefficient (Wildman–Crippen LogP) is 2.38. The highest BCUT2D eigenvalue weighted by atomic mass is 16.5. The summed E-state index contributed by atoms with van der Waals surface area (Å²) >= 11 is 0. The fourth-order valence-corrected chi connectivity index (χ4v) is 3.10. The fourth-order valence-electron chi connectivity index (χ4n) is 3.10.